The van der Waals surface area contributed by atoms with Gasteiger partial charge in [0, 0.05) is 19.1 Å². The van der Waals surface area contributed by atoms with Crippen molar-refractivity contribution in [1.82, 2.24) is 10.2 Å². The van der Waals surface area contributed by atoms with Crippen molar-refractivity contribution in [2.45, 2.75) is 65.8 Å². The van der Waals surface area contributed by atoms with Crippen LogP contribution in [0.3, 0.4) is 0 Å². The summed E-state index contributed by atoms with van der Waals surface area (Å²) in [5.74, 6) is 0.751. The van der Waals surface area contributed by atoms with E-state index < -0.39 is 0 Å². The first kappa shape index (κ1) is 16.0. The van der Waals surface area contributed by atoms with Gasteiger partial charge in [0.05, 0.1) is 0 Å². The van der Waals surface area contributed by atoms with Crippen LogP contribution in [0.15, 0.2) is 0 Å². The molecule has 0 bridgehead atoms. The van der Waals surface area contributed by atoms with Crippen molar-refractivity contribution in [3.8, 4) is 0 Å². The minimum atomic E-state index is 0.471. The Kier molecular flexibility index (Phi) is 6.65. The van der Waals surface area contributed by atoms with Crippen LogP contribution in [-0.4, -0.2) is 37.6 Å². The van der Waals surface area contributed by atoms with Crippen LogP contribution in [0, 0.1) is 11.3 Å². The van der Waals surface area contributed by atoms with E-state index in [9.17, 15) is 0 Å². The van der Waals surface area contributed by atoms with Crippen molar-refractivity contribution >= 4 is 0 Å². The standard InChI is InChI=1S/C16H34N2/c1-6-16(7-2,12-17-11-14(3)4)13-18(5)15-9-8-10-15/h14-15,17H,6-13H2,1-5H3. The summed E-state index contributed by atoms with van der Waals surface area (Å²) >= 11 is 0. The maximum absolute atomic E-state index is 3.68. The second kappa shape index (κ2) is 7.49. The molecule has 1 aliphatic rings. The summed E-state index contributed by atoms with van der Waals surface area (Å²) < 4.78 is 0. The first-order valence-electron chi connectivity index (χ1n) is 7.94. The lowest BCUT2D eigenvalue weighted by molar-refractivity contribution is 0.0849. The van der Waals surface area contributed by atoms with Gasteiger partial charge in [0.25, 0.3) is 0 Å². The second-order valence-corrected chi connectivity index (χ2v) is 6.73. The van der Waals surface area contributed by atoms with E-state index in [0.717, 1.165) is 18.5 Å². The minimum Gasteiger partial charge on any atom is -0.316 e. The molecular weight excluding hydrogens is 220 g/mol. The molecule has 108 valence electrons. The largest absolute Gasteiger partial charge is 0.316 e. The molecule has 1 rings (SSSR count). The average Bonchev–Trinajstić information content (AvgIpc) is 2.24. The van der Waals surface area contributed by atoms with Gasteiger partial charge < -0.3 is 10.2 Å². The second-order valence-electron chi connectivity index (χ2n) is 6.73. The maximum atomic E-state index is 3.68. The molecule has 0 unspecified atom stereocenters. The minimum absolute atomic E-state index is 0.471. The quantitative estimate of drug-likeness (QED) is 0.677. The molecule has 0 amide bonds. The van der Waals surface area contributed by atoms with Crippen LogP contribution >= 0.6 is 0 Å². The highest BCUT2D eigenvalue weighted by atomic mass is 15.1. The van der Waals surface area contributed by atoms with Crippen molar-refractivity contribution in [3.05, 3.63) is 0 Å². The molecule has 2 nitrogen and oxygen atoms in total. The third kappa shape index (κ3) is 4.55. The van der Waals surface area contributed by atoms with E-state index in [4.69, 9.17) is 0 Å². The highest BCUT2D eigenvalue weighted by molar-refractivity contribution is 4.86. The monoisotopic (exact) mass is 254 g/mol. The Labute approximate surface area is 115 Å². The summed E-state index contributed by atoms with van der Waals surface area (Å²) in [6, 6.07) is 0.868. The lowest BCUT2D eigenvalue weighted by Gasteiger charge is -2.42. The van der Waals surface area contributed by atoms with E-state index in [1.54, 1.807) is 0 Å². The zero-order valence-corrected chi connectivity index (χ0v) is 13.3. The number of nitrogens with one attached hydrogen (secondary N) is 1. The van der Waals surface area contributed by atoms with Crippen molar-refractivity contribution in [2.24, 2.45) is 11.3 Å². The lowest BCUT2D eigenvalue weighted by Crippen LogP contribution is -2.47. The Morgan fingerprint density at radius 1 is 1.22 bits per heavy atom. The van der Waals surface area contributed by atoms with Crippen LogP contribution in [0.5, 0.6) is 0 Å². The Hall–Kier alpha value is -0.0800. The highest BCUT2D eigenvalue weighted by Gasteiger charge is 2.31. The number of rotatable bonds is 9. The number of nitrogens with zero attached hydrogens (tertiary/aromatic N) is 1. The van der Waals surface area contributed by atoms with Gasteiger partial charge in [-0.3, -0.25) is 0 Å². The van der Waals surface area contributed by atoms with E-state index >= 15 is 0 Å². The van der Waals surface area contributed by atoms with Crippen LogP contribution in [0.2, 0.25) is 0 Å². The molecule has 1 fully saturated rings. The van der Waals surface area contributed by atoms with Gasteiger partial charge in [-0.2, -0.15) is 0 Å². The van der Waals surface area contributed by atoms with E-state index in [2.05, 4.69) is 45.0 Å². The topological polar surface area (TPSA) is 15.3 Å². The molecule has 1 saturated carbocycles. The smallest absolute Gasteiger partial charge is 0.00924 e. The summed E-state index contributed by atoms with van der Waals surface area (Å²) in [5.41, 5.74) is 0.471. The molecule has 0 aliphatic heterocycles. The molecule has 2 heteroatoms. The molecule has 18 heavy (non-hydrogen) atoms. The van der Waals surface area contributed by atoms with Crippen molar-refractivity contribution in [2.75, 3.05) is 26.7 Å². The predicted octanol–water partition coefficient (Wildman–Crippen LogP) is 3.52. The molecule has 1 aliphatic carbocycles. The molecule has 0 heterocycles. The molecule has 1 N–H and O–H groups in total. The van der Waals surface area contributed by atoms with Crippen LogP contribution in [0.1, 0.15) is 59.8 Å². The van der Waals surface area contributed by atoms with Crippen LogP contribution < -0.4 is 5.32 Å². The zero-order valence-electron chi connectivity index (χ0n) is 13.3. The molecule has 0 saturated heterocycles. The zero-order chi connectivity index (χ0) is 13.6. The third-order valence-electron chi connectivity index (χ3n) is 4.84. The number of hydrogen-bond donors (Lipinski definition) is 1. The summed E-state index contributed by atoms with van der Waals surface area (Å²) in [4.78, 5) is 2.62. The first-order valence-corrected chi connectivity index (χ1v) is 7.94. The van der Waals surface area contributed by atoms with E-state index in [1.807, 2.05) is 0 Å². The Morgan fingerprint density at radius 2 is 1.83 bits per heavy atom. The van der Waals surface area contributed by atoms with Gasteiger partial charge in [0.1, 0.15) is 0 Å². The lowest BCUT2D eigenvalue weighted by atomic mass is 9.80. The van der Waals surface area contributed by atoms with Gasteiger partial charge in [-0.05, 0) is 50.6 Å². The Bertz CT molecular complexity index is 217. The Balaban J connectivity index is 2.44. The molecule has 0 atom stereocenters. The van der Waals surface area contributed by atoms with Gasteiger partial charge in [-0.25, -0.2) is 0 Å². The fraction of sp³-hybridized carbons (Fsp3) is 1.00. The molecule has 0 aromatic carbocycles. The van der Waals surface area contributed by atoms with Crippen LogP contribution in [0.25, 0.3) is 0 Å². The summed E-state index contributed by atoms with van der Waals surface area (Å²) in [6.45, 7) is 12.9. The summed E-state index contributed by atoms with van der Waals surface area (Å²) in [7, 11) is 2.33. The van der Waals surface area contributed by atoms with Crippen LogP contribution in [0.4, 0.5) is 0 Å². The fourth-order valence-electron chi connectivity index (χ4n) is 2.89. The Morgan fingerprint density at radius 3 is 2.22 bits per heavy atom. The molecule has 0 aromatic rings. The van der Waals surface area contributed by atoms with E-state index in [0.29, 0.717) is 5.41 Å². The molecular formula is C16H34N2. The first-order chi connectivity index (χ1) is 8.53. The number of hydrogen-bond acceptors (Lipinski definition) is 2. The highest BCUT2D eigenvalue weighted by Crippen LogP contribution is 2.31. The molecule has 0 spiro atoms. The van der Waals surface area contributed by atoms with Crippen molar-refractivity contribution in [1.29, 1.82) is 0 Å². The van der Waals surface area contributed by atoms with Gasteiger partial charge in [-0.15, -0.1) is 0 Å². The van der Waals surface area contributed by atoms with Crippen molar-refractivity contribution in [3.63, 3.8) is 0 Å². The van der Waals surface area contributed by atoms with Gasteiger partial charge >= 0.3 is 0 Å². The third-order valence-corrected chi connectivity index (χ3v) is 4.84. The summed E-state index contributed by atoms with van der Waals surface area (Å²) in [5, 5.41) is 3.68. The SMILES string of the molecule is CCC(CC)(CNCC(C)C)CN(C)C1CCC1. The van der Waals surface area contributed by atoms with Gasteiger partial charge in [-0.1, -0.05) is 34.1 Å². The van der Waals surface area contributed by atoms with E-state index in [1.165, 1.54) is 45.2 Å². The summed E-state index contributed by atoms with van der Waals surface area (Å²) in [6.07, 6.45) is 6.84. The van der Waals surface area contributed by atoms with E-state index in [-0.39, 0.29) is 0 Å². The fourth-order valence-corrected chi connectivity index (χ4v) is 2.89. The van der Waals surface area contributed by atoms with Crippen molar-refractivity contribution < 1.29 is 0 Å². The predicted molar refractivity (Wildman–Crippen MR) is 81.0 cm³/mol. The molecule has 0 aromatic heterocycles. The van der Waals surface area contributed by atoms with Crippen LogP contribution in [-0.2, 0) is 0 Å². The molecule has 0 radical (unpaired) electrons. The maximum Gasteiger partial charge on any atom is 0.00924 e. The van der Waals surface area contributed by atoms with Gasteiger partial charge in [0.2, 0.25) is 0 Å². The normalized spacial score (nSPS) is 17.5. The van der Waals surface area contributed by atoms with Gasteiger partial charge in [0.15, 0.2) is 0 Å². The average molecular weight is 254 g/mol.